The number of rotatable bonds is 5. The van der Waals surface area contributed by atoms with Gasteiger partial charge in [0.25, 0.3) is 0 Å². The highest BCUT2D eigenvalue weighted by atomic mass is 32.1. The molecule has 1 N–H and O–H groups in total. The monoisotopic (exact) mass is 365 g/mol. The lowest BCUT2D eigenvalue weighted by Crippen LogP contribution is -2.53. The summed E-state index contributed by atoms with van der Waals surface area (Å²) in [5.41, 5.74) is 1.09. The molecule has 0 bridgehead atoms. The number of carbonyl (C=O) groups excluding carboxylic acids is 1. The van der Waals surface area contributed by atoms with Gasteiger partial charge >= 0.3 is 0 Å². The van der Waals surface area contributed by atoms with Crippen LogP contribution in [0.2, 0.25) is 0 Å². The number of aromatic nitrogens is 1. The molecule has 1 atom stereocenters. The Bertz CT molecular complexity index is 584. The van der Waals surface area contributed by atoms with Gasteiger partial charge in [0.1, 0.15) is 6.04 Å². The first-order chi connectivity index (χ1) is 12.3. The van der Waals surface area contributed by atoms with Crippen molar-refractivity contribution in [1.29, 1.82) is 0 Å². The molecular formula is C18H27N3O3S. The van der Waals surface area contributed by atoms with Crippen molar-refractivity contribution in [2.45, 2.75) is 44.1 Å². The smallest absolute Gasteiger partial charge is 0.245 e. The molecule has 0 aromatic carbocycles. The van der Waals surface area contributed by atoms with Gasteiger partial charge in [-0.05, 0) is 31.6 Å². The molecule has 0 spiro atoms. The number of amides is 1. The first kappa shape index (κ1) is 17.4. The third-order valence-corrected chi connectivity index (χ3v) is 6.43. The number of anilines is 1. The molecule has 25 heavy (non-hydrogen) atoms. The zero-order valence-corrected chi connectivity index (χ0v) is 15.4. The van der Waals surface area contributed by atoms with Crippen LogP contribution in [-0.2, 0) is 14.3 Å². The summed E-state index contributed by atoms with van der Waals surface area (Å²) in [6.07, 6.45) is 5.96. The Kier molecular flexibility index (Phi) is 5.65. The van der Waals surface area contributed by atoms with Crippen LogP contribution in [0.15, 0.2) is 5.38 Å². The Morgan fingerprint density at radius 3 is 2.84 bits per heavy atom. The Morgan fingerprint density at radius 2 is 2.08 bits per heavy atom. The zero-order valence-electron chi connectivity index (χ0n) is 14.6. The molecule has 0 radical (unpaired) electrons. The molecule has 2 aliphatic heterocycles. The first-order valence-electron chi connectivity index (χ1n) is 9.45. The van der Waals surface area contributed by atoms with Crippen LogP contribution in [0, 0.1) is 5.92 Å². The molecule has 3 fully saturated rings. The largest absolute Gasteiger partial charge is 0.381 e. The lowest BCUT2D eigenvalue weighted by atomic mass is 9.84. The highest BCUT2D eigenvalue weighted by Crippen LogP contribution is 2.30. The predicted octanol–water partition coefficient (Wildman–Crippen LogP) is 2.48. The van der Waals surface area contributed by atoms with Crippen molar-refractivity contribution in [2.75, 3.05) is 44.8 Å². The highest BCUT2D eigenvalue weighted by Gasteiger charge is 2.33. The fourth-order valence-electron chi connectivity index (χ4n) is 3.82. The van der Waals surface area contributed by atoms with Gasteiger partial charge < -0.3 is 14.8 Å². The summed E-state index contributed by atoms with van der Waals surface area (Å²) < 4.78 is 11.0. The number of thiazole rings is 1. The maximum Gasteiger partial charge on any atom is 0.245 e. The van der Waals surface area contributed by atoms with Crippen molar-refractivity contribution in [1.82, 2.24) is 9.88 Å². The Hall–Kier alpha value is -1.02. The van der Waals surface area contributed by atoms with Crippen LogP contribution in [-0.4, -0.2) is 61.3 Å². The fourth-order valence-corrected chi connectivity index (χ4v) is 4.61. The molecule has 1 unspecified atom stereocenters. The summed E-state index contributed by atoms with van der Waals surface area (Å²) in [4.78, 5) is 19.7. The van der Waals surface area contributed by atoms with Crippen LogP contribution in [0.4, 0.5) is 5.13 Å². The molecule has 138 valence electrons. The van der Waals surface area contributed by atoms with E-state index in [-0.39, 0.29) is 11.9 Å². The van der Waals surface area contributed by atoms with E-state index in [2.05, 4.69) is 20.6 Å². The van der Waals surface area contributed by atoms with Crippen molar-refractivity contribution in [3.63, 3.8) is 0 Å². The normalized spacial score (nSPS) is 26.3. The molecule has 7 heteroatoms. The topological polar surface area (TPSA) is 63.7 Å². The van der Waals surface area contributed by atoms with E-state index in [4.69, 9.17) is 9.47 Å². The number of carbonyl (C=O) groups is 1. The minimum absolute atomic E-state index is 0.0203. The van der Waals surface area contributed by atoms with Crippen LogP contribution >= 0.6 is 11.3 Å². The molecular weight excluding hydrogens is 338 g/mol. The van der Waals surface area contributed by atoms with E-state index in [0.717, 1.165) is 57.4 Å². The number of morpholine rings is 1. The second-order valence-corrected chi connectivity index (χ2v) is 8.19. The summed E-state index contributed by atoms with van der Waals surface area (Å²) in [6.45, 7) is 4.68. The summed E-state index contributed by atoms with van der Waals surface area (Å²) in [6, 6.07) is -0.190. The van der Waals surface area contributed by atoms with Gasteiger partial charge in [-0.15, -0.1) is 11.3 Å². The molecule has 2 saturated heterocycles. The van der Waals surface area contributed by atoms with Gasteiger partial charge in [-0.3, -0.25) is 9.69 Å². The van der Waals surface area contributed by atoms with Crippen LogP contribution in [0.3, 0.4) is 0 Å². The van der Waals surface area contributed by atoms with Gasteiger partial charge in [0, 0.05) is 37.6 Å². The van der Waals surface area contributed by atoms with Gasteiger partial charge in [-0.25, -0.2) is 4.98 Å². The third-order valence-electron chi connectivity index (χ3n) is 5.65. The van der Waals surface area contributed by atoms with Gasteiger partial charge in [0.2, 0.25) is 5.91 Å². The van der Waals surface area contributed by atoms with E-state index >= 15 is 0 Å². The van der Waals surface area contributed by atoms with Crippen molar-refractivity contribution in [2.24, 2.45) is 5.92 Å². The maximum atomic E-state index is 12.8. The van der Waals surface area contributed by atoms with Crippen LogP contribution in [0.5, 0.6) is 0 Å². The number of nitrogens with one attached hydrogen (secondary N) is 1. The molecule has 1 amide bonds. The van der Waals surface area contributed by atoms with E-state index in [1.165, 1.54) is 30.6 Å². The van der Waals surface area contributed by atoms with Crippen molar-refractivity contribution in [3.8, 4) is 0 Å². The van der Waals surface area contributed by atoms with E-state index in [0.29, 0.717) is 17.7 Å². The number of nitrogens with zero attached hydrogens (tertiary/aromatic N) is 2. The lowest BCUT2D eigenvalue weighted by Gasteiger charge is -2.38. The molecule has 4 rings (SSSR count). The molecule has 3 aliphatic rings. The first-order valence-corrected chi connectivity index (χ1v) is 10.3. The van der Waals surface area contributed by atoms with Crippen molar-refractivity contribution < 1.29 is 14.3 Å². The number of hydrogen-bond acceptors (Lipinski definition) is 6. The van der Waals surface area contributed by atoms with Gasteiger partial charge in [0.15, 0.2) is 5.13 Å². The van der Waals surface area contributed by atoms with Gasteiger partial charge in [0.05, 0.1) is 18.9 Å². The summed E-state index contributed by atoms with van der Waals surface area (Å²) in [5, 5.41) is 5.81. The summed E-state index contributed by atoms with van der Waals surface area (Å²) in [7, 11) is 0. The second kappa shape index (κ2) is 8.12. The fraction of sp³-hybridized carbons (Fsp3) is 0.778. The number of hydrogen-bond donors (Lipinski definition) is 1. The van der Waals surface area contributed by atoms with E-state index in [1.54, 1.807) is 0 Å². The zero-order chi connectivity index (χ0) is 17.1. The van der Waals surface area contributed by atoms with Gasteiger partial charge in [-0.1, -0.05) is 6.42 Å². The SMILES string of the molecule is O=C(Nc1nc(C2CCOCC2)cs1)C1COCCN1CC1CCC1. The summed E-state index contributed by atoms with van der Waals surface area (Å²) >= 11 is 1.52. The molecule has 1 saturated carbocycles. The molecule has 1 aromatic rings. The maximum absolute atomic E-state index is 12.8. The quantitative estimate of drug-likeness (QED) is 0.868. The van der Waals surface area contributed by atoms with E-state index in [1.807, 2.05) is 0 Å². The predicted molar refractivity (Wildman–Crippen MR) is 97.1 cm³/mol. The standard InChI is InChI=1S/C18H27N3O3S/c22-17(16-11-24-9-6-21(16)10-13-2-1-3-13)20-18-19-15(12-25-18)14-4-7-23-8-5-14/h12-14,16H,1-11H2,(H,19,20,22). The number of ether oxygens (including phenoxy) is 2. The van der Waals surface area contributed by atoms with Crippen LogP contribution in [0.1, 0.15) is 43.7 Å². The average Bonchev–Trinajstić information content (AvgIpc) is 3.08. The van der Waals surface area contributed by atoms with E-state index < -0.39 is 0 Å². The van der Waals surface area contributed by atoms with Crippen molar-refractivity contribution >= 4 is 22.4 Å². The average molecular weight is 365 g/mol. The van der Waals surface area contributed by atoms with Gasteiger partial charge in [-0.2, -0.15) is 0 Å². The molecule has 1 aliphatic carbocycles. The van der Waals surface area contributed by atoms with Crippen LogP contribution in [0.25, 0.3) is 0 Å². The molecule has 3 heterocycles. The van der Waals surface area contributed by atoms with E-state index in [9.17, 15) is 4.79 Å². The Balaban J connectivity index is 1.35. The highest BCUT2D eigenvalue weighted by molar-refractivity contribution is 7.13. The Morgan fingerprint density at radius 1 is 1.24 bits per heavy atom. The minimum atomic E-state index is -0.190. The lowest BCUT2D eigenvalue weighted by molar-refractivity contribution is -0.128. The molecule has 6 nitrogen and oxygen atoms in total. The minimum Gasteiger partial charge on any atom is -0.381 e. The summed E-state index contributed by atoms with van der Waals surface area (Å²) in [5.74, 6) is 1.24. The third kappa shape index (κ3) is 4.22. The van der Waals surface area contributed by atoms with Crippen molar-refractivity contribution in [3.05, 3.63) is 11.1 Å². The van der Waals surface area contributed by atoms with Crippen LogP contribution < -0.4 is 5.32 Å². The Labute approximate surface area is 152 Å². The second-order valence-electron chi connectivity index (χ2n) is 7.34. The molecule has 1 aromatic heterocycles.